The molecule has 5 heteroatoms. The number of nitrogens with one attached hydrogen (secondary N) is 2. The van der Waals surface area contributed by atoms with E-state index in [1.54, 1.807) is 0 Å². The van der Waals surface area contributed by atoms with E-state index < -0.39 is 0 Å². The number of carbonyl (C=O) groups excluding carboxylic acids is 1. The van der Waals surface area contributed by atoms with Crippen molar-refractivity contribution in [3.05, 3.63) is 23.8 Å². The van der Waals surface area contributed by atoms with Crippen molar-refractivity contribution < 1.29 is 9.53 Å². The van der Waals surface area contributed by atoms with Crippen LogP contribution in [0.25, 0.3) is 0 Å². The molecule has 0 saturated heterocycles. The Kier molecular flexibility index (Phi) is 6.93. The summed E-state index contributed by atoms with van der Waals surface area (Å²) in [6.45, 7) is 3.68. The summed E-state index contributed by atoms with van der Waals surface area (Å²) in [7, 11) is 1.95. The molecule has 4 aliphatic rings. The lowest BCUT2D eigenvalue weighted by atomic mass is 9.49. The van der Waals surface area contributed by atoms with Gasteiger partial charge in [0.1, 0.15) is 5.75 Å². The van der Waals surface area contributed by atoms with Gasteiger partial charge in [0, 0.05) is 18.2 Å². The van der Waals surface area contributed by atoms with Gasteiger partial charge in [0.05, 0.1) is 6.61 Å². The van der Waals surface area contributed by atoms with E-state index in [-0.39, 0.29) is 23.7 Å². The molecule has 4 fully saturated rings. The Hall–Kier alpha value is -1.26. The monoisotopic (exact) mass is 406 g/mol. The van der Waals surface area contributed by atoms with Gasteiger partial charge in [-0.3, -0.25) is 4.79 Å². The Balaban J connectivity index is 0.00000225. The number of ether oxygens (including phenoxy) is 1. The van der Waals surface area contributed by atoms with Crippen molar-refractivity contribution in [1.29, 1.82) is 0 Å². The van der Waals surface area contributed by atoms with Crippen molar-refractivity contribution in [2.75, 3.05) is 25.5 Å². The highest BCUT2D eigenvalue weighted by Crippen LogP contribution is 2.61. The lowest BCUT2D eigenvalue weighted by molar-refractivity contribution is -0.124. The van der Waals surface area contributed by atoms with E-state index in [2.05, 4.69) is 10.6 Å². The smallest absolute Gasteiger partial charge is 0.224 e. The second kappa shape index (κ2) is 9.04. The van der Waals surface area contributed by atoms with Crippen molar-refractivity contribution in [3.63, 3.8) is 0 Å². The molecule has 5 rings (SSSR count). The van der Waals surface area contributed by atoms with Crippen LogP contribution in [0.15, 0.2) is 18.2 Å². The fourth-order valence-electron chi connectivity index (χ4n) is 6.31. The van der Waals surface area contributed by atoms with Gasteiger partial charge in [0.25, 0.3) is 0 Å². The topological polar surface area (TPSA) is 50.4 Å². The molecule has 0 radical (unpaired) electrons. The number of amides is 1. The minimum atomic E-state index is 0. The quantitative estimate of drug-likeness (QED) is 0.600. The van der Waals surface area contributed by atoms with Gasteiger partial charge in [0.2, 0.25) is 5.91 Å². The molecule has 0 unspecified atom stereocenters. The number of aryl methyl sites for hydroxylation is 1. The molecule has 0 atom stereocenters. The second-order valence-electron chi connectivity index (χ2n) is 9.42. The van der Waals surface area contributed by atoms with Crippen molar-refractivity contribution in [2.45, 2.75) is 58.3 Å². The minimum absolute atomic E-state index is 0. The minimum Gasteiger partial charge on any atom is -0.493 e. The third-order valence-electron chi connectivity index (χ3n) is 7.02. The first-order valence-electron chi connectivity index (χ1n) is 10.7. The van der Waals surface area contributed by atoms with E-state index in [9.17, 15) is 4.79 Å². The zero-order valence-corrected chi connectivity index (χ0v) is 18.1. The summed E-state index contributed by atoms with van der Waals surface area (Å²) >= 11 is 0. The zero-order valence-electron chi connectivity index (χ0n) is 17.3. The summed E-state index contributed by atoms with van der Waals surface area (Å²) in [6.07, 6.45) is 9.77. The van der Waals surface area contributed by atoms with Crippen molar-refractivity contribution >= 4 is 24.0 Å². The Labute approximate surface area is 175 Å². The summed E-state index contributed by atoms with van der Waals surface area (Å²) in [5.74, 6) is 3.69. The molecule has 4 aliphatic carbocycles. The molecule has 0 aromatic heterocycles. The number of halogens is 1. The van der Waals surface area contributed by atoms with E-state index in [1.165, 1.54) is 38.5 Å². The van der Waals surface area contributed by atoms with Gasteiger partial charge < -0.3 is 15.4 Å². The van der Waals surface area contributed by atoms with E-state index in [4.69, 9.17) is 4.74 Å². The Morgan fingerprint density at radius 2 is 1.79 bits per heavy atom. The van der Waals surface area contributed by atoms with Crippen LogP contribution in [0.3, 0.4) is 0 Å². The summed E-state index contributed by atoms with van der Waals surface area (Å²) in [6, 6.07) is 6.00. The maximum absolute atomic E-state index is 12.9. The van der Waals surface area contributed by atoms with Gasteiger partial charge in [-0.05, 0) is 100 Å². The fraction of sp³-hybridized carbons (Fsp3) is 0.696. The van der Waals surface area contributed by atoms with Crippen LogP contribution in [0.1, 0.15) is 56.9 Å². The first-order chi connectivity index (χ1) is 13.0. The van der Waals surface area contributed by atoms with Crippen LogP contribution in [0, 0.1) is 30.1 Å². The second-order valence-corrected chi connectivity index (χ2v) is 9.42. The number of rotatable bonds is 8. The molecule has 4 nitrogen and oxygen atoms in total. The van der Waals surface area contributed by atoms with Crippen LogP contribution in [-0.4, -0.2) is 26.1 Å². The van der Waals surface area contributed by atoms with E-state index in [0.29, 0.717) is 13.0 Å². The van der Waals surface area contributed by atoms with Crippen molar-refractivity contribution in [2.24, 2.45) is 23.2 Å². The number of hydrogen-bond acceptors (Lipinski definition) is 3. The third-order valence-corrected chi connectivity index (χ3v) is 7.02. The third kappa shape index (κ3) is 4.83. The lowest BCUT2D eigenvalue weighted by Crippen LogP contribution is -2.47. The molecule has 4 bridgehead atoms. The van der Waals surface area contributed by atoms with E-state index >= 15 is 0 Å². The summed E-state index contributed by atoms with van der Waals surface area (Å²) in [5, 5.41) is 6.32. The molecule has 28 heavy (non-hydrogen) atoms. The molecule has 1 amide bonds. The van der Waals surface area contributed by atoms with Gasteiger partial charge in [0.15, 0.2) is 0 Å². The number of hydrogen-bond donors (Lipinski definition) is 2. The average molecular weight is 407 g/mol. The van der Waals surface area contributed by atoms with Gasteiger partial charge >= 0.3 is 0 Å². The van der Waals surface area contributed by atoms with Crippen LogP contribution >= 0.6 is 12.4 Å². The maximum Gasteiger partial charge on any atom is 0.224 e. The molecular formula is C23H35ClN2O2. The Morgan fingerprint density at radius 1 is 1.14 bits per heavy atom. The maximum atomic E-state index is 12.9. The SMILES string of the molecule is CNCCCOc1ccc(C)c(NC(=O)CC23CC4CC(CC(C4)C2)C3)c1.Cl. The van der Waals surface area contributed by atoms with E-state index in [0.717, 1.165) is 47.7 Å². The summed E-state index contributed by atoms with van der Waals surface area (Å²) in [5.41, 5.74) is 2.28. The normalized spacial score (nSPS) is 30.0. The summed E-state index contributed by atoms with van der Waals surface area (Å²) in [4.78, 5) is 12.9. The molecule has 156 valence electrons. The van der Waals surface area contributed by atoms with Gasteiger partial charge in [-0.1, -0.05) is 6.07 Å². The van der Waals surface area contributed by atoms with Crippen LogP contribution in [0.2, 0.25) is 0 Å². The van der Waals surface area contributed by atoms with Crippen molar-refractivity contribution in [1.82, 2.24) is 5.32 Å². The molecule has 1 aromatic rings. The highest BCUT2D eigenvalue weighted by Gasteiger charge is 2.51. The fourth-order valence-corrected chi connectivity index (χ4v) is 6.31. The van der Waals surface area contributed by atoms with Crippen LogP contribution in [-0.2, 0) is 4.79 Å². The Bertz CT molecular complexity index is 656. The van der Waals surface area contributed by atoms with Gasteiger partial charge in [-0.15, -0.1) is 12.4 Å². The standard InChI is InChI=1S/C23H34N2O2.ClH/c1-16-4-5-20(27-7-3-6-24-2)11-21(16)25-22(26)15-23-12-17-8-18(13-23)10-19(9-17)14-23;/h4-5,11,17-19,24H,3,6-10,12-15H2,1-2H3,(H,25,26);1H. The molecule has 0 spiro atoms. The molecular weight excluding hydrogens is 372 g/mol. The predicted molar refractivity (Wildman–Crippen MR) is 116 cm³/mol. The van der Waals surface area contributed by atoms with Gasteiger partial charge in [-0.2, -0.15) is 0 Å². The lowest BCUT2D eigenvalue weighted by Gasteiger charge is -2.56. The largest absolute Gasteiger partial charge is 0.493 e. The highest BCUT2D eigenvalue weighted by atomic mass is 35.5. The zero-order chi connectivity index (χ0) is 18.9. The molecule has 2 N–H and O–H groups in total. The van der Waals surface area contributed by atoms with Gasteiger partial charge in [-0.25, -0.2) is 0 Å². The highest BCUT2D eigenvalue weighted by molar-refractivity contribution is 5.92. The number of anilines is 1. The molecule has 0 aliphatic heterocycles. The van der Waals surface area contributed by atoms with Crippen LogP contribution in [0.5, 0.6) is 5.75 Å². The van der Waals surface area contributed by atoms with E-state index in [1.807, 2.05) is 32.2 Å². The molecule has 1 aromatic carbocycles. The Morgan fingerprint density at radius 3 is 2.39 bits per heavy atom. The first-order valence-corrected chi connectivity index (χ1v) is 10.7. The average Bonchev–Trinajstić information content (AvgIpc) is 2.59. The van der Waals surface area contributed by atoms with Crippen LogP contribution in [0.4, 0.5) is 5.69 Å². The number of benzene rings is 1. The van der Waals surface area contributed by atoms with Crippen LogP contribution < -0.4 is 15.4 Å². The predicted octanol–water partition coefficient (Wildman–Crippen LogP) is 4.95. The van der Waals surface area contributed by atoms with Crippen molar-refractivity contribution in [3.8, 4) is 5.75 Å². The molecule has 4 saturated carbocycles. The summed E-state index contributed by atoms with van der Waals surface area (Å²) < 4.78 is 5.83. The number of carbonyl (C=O) groups is 1. The first kappa shape index (κ1) is 21.4. The molecule has 0 heterocycles.